The van der Waals surface area contributed by atoms with Crippen LogP contribution in [0.5, 0.6) is 5.75 Å². The molecular weight excluding hydrogens is 256 g/mol. The van der Waals surface area contributed by atoms with Crippen LogP contribution in [0, 0.1) is 0 Å². The summed E-state index contributed by atoms with van der Waals surface area (Å²) in [5.74, 6) is 0.758. The molecule has 0 unspecified atom stereocenters. The Hall–Kier alpha value is -1.39. The van der Waals surface area contributed by atoms with E-state index in [1.54, 1.807) is 31.5 Å². The van der Waals surface area contributed by atoms with Gasteiger partial charge in [-0.2, -0.15) is 0 Å². The van der Waals surface area contributed by atoms with Gasteiger partial charge in [-0.15, -0.1) is 0 Å². The molecule has 17 heavy (non-hydrogen) atoms. The molecule has 1 heterocycles. The molecule has 1 aromatic carbocycles. The van der Waals surface area contributed by atoms with Gasteiger partial charge < -0.3 is 10.5 Å². The van der Waals surface area contributed by atoms with Crippen molar-refractivity contribution in [2.75, 3.05) is 12.8 Å². The van der Waals surface area contributed by atoms with Crippen molar-refractivity contribution in [3.63, 3.8) is 0 Å². The molecule has 0 fully saturated rings. The van der Waals surface area contributed by atoms with Crippen molar-refractivity contribution in [1.82, 2.24) is 4.98 Å². The molecule has 0 radical (unpaired) electrons. The van der Waals surface area contributed by atoms with Crippen LogP contribution in [0.3, 0.4) is 0 Å². The van der Waals surface area contributed by atoms with Crippen LogP contribution in [-0.2, 0) is 0 Å². The van der Waals surface area contributed by atoms with Crippen molar-refractivity contribution < 1.29 is 4.74 Å². The summed E-state index contributed by atoms with van der Waals surface area (Å²) in [7, 11) is 1.62. The van der Waals surface area contributed by atoms with Gasteiger partial charge >= 0.3 is 0 Å². The molecule has 0 amide bonds. The Kier molecular flexibility index (Phi) is 3.76. The first-order valence-electron chi connectivity index (χ1n) is 4.92. The topological polar surface area (TPSA) is 48.1 Å². The Morgan fingerprint density at radius 3 is 2.88 bits per heavy atom. The second-order valence-electron chi connectivity index (χ2n) is 3.30. The van der Waals surface area contributed by atoms with Crippen LogP contribution in [0.4, 0.5) is 5.69 Å². The first kappa shape index (κ1) is 12.1. The van der Waals surface area contributed by atoms with Gasteiger partial charge in [0.15, 0.2) is 0 Å². The molecule has 3 nitrogen and oxygen atoms in total. The van der Waals surface area contributed by atoms with E-state index in [0.717, 1.165) is 15.7 Å². The first-order chi connectivity index (χ1) is 8.20. The summed E-state index contributed by atoms with van der Waals surface area (Å²) >= 11 is 7.47. The molecule has 0 atom stereocenters. The molecule has 0 bridgehead atoms. The van der Waals surface area contributed by atoms with Gasteiger partial charge in [0, 0.05) is 16.8 Å². The van der Waals surface area contributed by atoms with Gasteiger partial charge in [-0.05, 0) is 30.3 Å². The molecular formula is C12H11ClN2OS. The average Bonchev–Trinajstić information content (AvgIpc) is 2.35. The van der Waals surface area contributed by atoms with E-state index < -0.39 is 0 Å². The van der Waals surface area contributed by atoms with Crippen LogP contribution in [0.1, 0.15) is 0 Å². The van der Waals surface area contributed by atoms with Crippen LogP contribution >= 0.6 is 23.4 Å². The van der Waals surface area contributed by atoms with Crippen molar-refractivity contribution in [1.29, 1.82) is 0 Å². The fourth-order valence-electron chi connectivity index (χ4n) is 1.28. The van der Waals surface area contributed by atoms with Gasteiger partial charge in [0.2, 0.25) is 0 Å². The van der Waals surface area contributed by atoms with Crippen molar-refractivity contribution in [3.05, 3.63) is 41.6 Å². The van der Waals surface area contributed by atoms with Crippen LogP contribution in [0.15, 0.2) is 46.5 Å². The van der Waals surface area contributed by atoms with E-state index >= 15 is 0 Å². The number of benzene rings is 1. The van der Waals surface area contributed by atoms with E-state index in [4.69, 9.17) is 22.1 Å². The minimum Gasteiger partial charge on any atom is -0.497 e. The van der Waals surface area contributed by atoms with E-state index in [2.05, 4.69) is 4.98 Å². The van der Waals surface area contributed by atoms with E-state index in [1.807, 2.05) is 12.1 Å². The lowest BCUT2D eigenvalue weighted by molar-refractivity contribution is 0.414. The molecule has 2 aromatic rings. The number of aromatic nitrogens is 1. The Labute approximate surface area is 109 Å². The van der Waals surface area contributed by atoms with Crippen molar-refractivity contribution >= 4 is 29.1 Å². The molecule has 88 valence electrons. The highest BCUT2D eigenvalue weighted by Gasteiger charge is 2.07. The second-order valence-corrected chi connectivity index (χ2v) is 4.73. The highest BCUT2D eigenvalue weighted by atomic mass is 35.5. The summed E-state index contributed by atoms with van der Waals surface area (Å²) in [6.07, 6.45) is 1.70. The molecule has 0 spiro atoms. The highest BCUT2D eigenvalue weighted by molar-refractivity contribution is 7.99. The number of nitrogens with two attached hydrogens (primary N) is 1. The maximum Gasteiger partial charge on any atom is 0.120 e. The number of nitrogen functional groups attached to an aromatic ring is 1. The van der Waals surface area contributed by atoms with Gasteiger partial charge in [-0.25, -0.2) is 4.98 Å². The zero-order chi connectivity index (χ0) is 12.3. The Morgan fingerprint density at radius 2 is 2.18 bits per heavy atom. The van der Waals surface area contributed by atoms with Crippen LogP contribution in [0.2, 0.25) is 5.02 Å². The highest BCUT2D eigenvalue weighted by Crippen LogP contribution is 2.36. The second kappa shape index (κ2) is 5.29. The molecule has 5 heteroatoms. The van der Waals surface area contributed by atoms with Crippen molar-refractivity contribution in [3.8, 4) is 5.75 Å². The zero-order valence-corrected chi connectivity index (χ0v) is 10.8. The van der Waals surface area contributed by atoms with Gasteiger partial charge in [0.25, 0.3) is 0 Å². The third-order valence-corrected chi connectivity index (χ3v) is 3.66. The molecule has 2 rings (SSSR count). The SMILES string of the molecule is COc1ccc(N)c(Sc2ncccc2Cl)c1. The lowest BCUT2D eigenvalue weighted by Gasteiger charge is -2.08. The average molecular weight is 267 g/mol. The molecule has 2 N–H and O–H groups in total. The third-order valence-electron chi connectivity index (χ3n) is 2.15. The predicted octanol–water partition coefficient (Wildman–Crippen LogP) is 3.48. The summed E-state index contributed by atoms with van der Waals surface area (Å²) in [4.78, 5) is 5.08. The normalized spacial score (nSPS) is 10.2. The van der Waals surface area contributed by atoms with Gasteiger partial charge in [-0.3, -0.25) is 0 Å². The molecule has 1 aromatic heterocycles. The number of pyridine rings is 1. The van der Waals surface area contributed by atoms with Gasteiger partial charge in [0.05, 0.1) is 12.1 Å². The summed E-state index contributed by atoms with van der Waals surface area (Å²) in [6, 6.07) is 9.08. The van der Waals surface area contributed by atoms with E-state index in [9.17, 15) is 0 Å². The summed E-state index contributed by atoms with van der Waals surface area (Å²) < 4.78 is 5.16. The number of ether oxygens (including phenoxy) is 1. The number of anilines is 1. The van der Waals surface area contributed by atoms with E-state index in [1.165, 1.54) is 11.8 Å². The zero-order valence-electron chi connectivity index (χ0n) is 9.18. The molecule has 0 aliphatic carbocycles. The fourth-order valence-corrected chi connectivity index (χ4v) is 2.37. The van der Waals surface area contributed by atoms with Crippen molar-refractivity contribution in [2.45, 2.75) is 9.92 Å². The Morgan fingerprint density at radius 1 is 1.35 bits per heavy atom. The van der Waals surface area contributed by atoms with E-state index in [0.29, 0.717) is 10.7 Å². The maximum absolute atomic E-state index is 6.04. The van der Waals surface area contributed by atoms with Crippen molar-refractivity contribution in [2.24, 2.45) is 0 Å². The monoisotopic (exact) mass is 266 g/mol. The number of nitrogens with zero attached hydrogens (tertiary/aromatic N) is 1. The lowest BCUT2D eigenvalue weighted by atomic mass is 10.3. The lowest BCUT2D eigenvalue weighted by Crippen LogP contribution is -1.91. The number of hydrogen-bond acceptors (Lipinski definition) is 4. The Balaban J connectivity index is 2.32. The maximum atomic E-state index is 6.04. The summed E-state index contributed by atoms with van der Waals surface area (Å²) in [6.45, 7) is 0. The number of hydrogen-bond donors (Lipinski definition) is 1. The smallest absolute Gasteiger partial charge is 0.120 e. The number of methoxy groups -OCH3 is 1. The van der Waals surface area contributed by atoms with Crippen LogP contribution in [-0.4, -0.2) is 12.1 Å². The Bertz CT molecular complexity index is 534. The minimum atomic E-state index is 0.611. The fraction of sp³-hybridized carbons (Fsp3) is 0.0833. The molecule has 0 aliphatic rings. The molecule has 0 saturated heterocycles. The molecule has 0 aliphatic heterocycles. The summed E-state index contributed by atoms with van der Waals surface area (Å²) in [5.41, 5.74) is 6.57. The standard InChI is InChI=1S/C12H11ClN2OS/c1-16-8-4-5-10(14)11(7-8)17-12-9(13)3-2-6-15-12/h2-7H,14H2,1H3. The quantitative estimate of drug-likeness (QED) is 0.864. The first-order valence-corrected chi connectivity index (χ1v) is 6.12. The predicted molar refractivity (Wildman–Crippen MR) is 70.8 cm³/mol. The largest absolute Gasteiger partial charge is 0.497 e. The molecule has 0 saturated carbocycles. The van der Waals surface area contributed by atoms with Gasteiger partial charge in [-0.1, -0.05) is 23.4 Å². The third kappa shape index (κ3) is 2.84. The minimum absolute atomic E-state index is 0.611. The number of halogens is 1. The van der Waals surface area contributed by atoms with Crippen LogP contribution in [0.25, 0.3) is 0 Å². The van der Waals surface area contributed by atoms with Gasteiger partial charge in [0.1, 0.15) is 10.8 Å². The number of rotatable bonds is 3. The summed E-state index contributed by atoms with van der Waals surface area (Å²) in [5, 5.41) is 1.34. The van der Waals surface area contributed by atoms with Crippen LogP contribution < -0.4 is 10.5 Å². The van der Waals surface area contributed by atoms with E-state index in [-0.39, 0.29) is 0 Å².